The van der Waals surface area contributed by atoms with Crippen LogP contribution in [0, 0.1) is 25.2 Å². The van der Waals surface area contributed by atoms with Gasteiger partial charge in [-0.2, -0.15) is 15.5 Å². The van der Waals surface area contributed by atoms with E-state index in [2.05, 4.69) is 31.4 Å². The second-order valence-corrected chi connectivity index (χ2v) is 4.07. The Kier molecular flexibility index (Phi) is 2.83. The van der Waals surface area contributed by atoms with Gasteiger partial charge in [0.2, 0.25) is 0 Å². The van der Waals surface area contributed by atoms with E-state index in [4.69, 9.17) is 5.26 Å². The molecule has 0 saturated carbocycles. The first-order valence-corrected chi connectivity index (χ1v) is 5.31. The minimum absolute atomic E-state index is 0.536. The lowest BCUT2D eigenvalue weighted by atomic mass is 10.1. The number of nitrogens with zero attached hydrogens (tertiary/aromatic N) is 5. The van der Waals surface area contributed by atoms with Gasteiger partial charge in [0.05, 0.1) is 11.3 Å². The minimum atomic E-state index is 0.536. The Hall–Kier alpha value is -1.94. The Bertz CT molecular complexity index is 542. The van der Waals surface area contributed by atoms with Gasteiger partial charge in [0.25, 0.3) is 0 Å². The zero-order valence-electron chi connectivity index (χ0n) is 8.72. The van der Waals surface area contributed by atoms with Gasteiger partial charge in [0, 0.05) is 0 Å². The van der Waals surface area contributed by atoms with Gasteiger partial charge in [-0.1, -0.05) is 0 Å². The second-order valence-electron chi connectivity index (χ2n) is 3.10. The van der Waals surface area contributed by atoms with Crippen molar-refractivity contribution in [1.82, 2.24) is 25.4 Å². The van der Waals surface area contributed by atoms with E-state index >= 15 is 0 Å². The first-order valence-electron chi connectivity index (χ1n) is 4.49. The van der Waals surface area contributed by atoms with Crippen molar-refractivity contribution in [1.29, 1.82) is 5.26 Å². The summed E-state index contributed by atoms with van der Waals surface area (Å²) in [6, 6.07) is 2.13. The topological polar surface area (TPSA) is 91.1 Å². The molecule has 80 valence electrons. The summed E-state index contributed by atoms with van der Waals surface area (Å²) in [4.78, 5) is 3.96. The largest absolute Gasteiger partial charge is 0.254 e. The van der Waals surface area contributed by atoms with Crippen molar-refractivity contribution in [3.63, 3.8) is 0 Å². The Morgan fingerprint density at radius 2 is 2.19 bits per heavy atom. The maximum atomic E-state index is 9.07. The quantitative estimate of drug-likeness (QED) is 0.837. The highest BCUT2D eigenvalue weighted by Gasteiger charge is 2.13. The summed E-state index contributed by atoms with van der Waals surface area (Å²) in [6.45, 7) is 3.68. The van der Waals surface area contributed by atoms with E-state index in [0.29, 0.717) is 15.7 Å². The molecule has 0 unspecified atom stereocenters. The summed E-state index contributed by atoms with van der Waals surface area (Å²) < 4.78 is 0. The fraction of sp³-hybridized carbons (Fsp3) is 0.222. The molecular formula is C9H8N6S. The van der Waals surface area contributed by atoms with Gasteiger partial charge < -0.3 is 0 Å². The van der Waals surface area contributed by atoms with Crippen LogP contribution in [0.5, 0.6) is 0 Å². The molecule has 1 N–H and O–H groups in total. The molecule has 0 saturated heterocycles. The van der Waals surface area contributed by atoms with Gasteiger partial charge in [-0.15, -0.1) is 5.10 Å². The minimum Gasteiger partial charge on any atom is -0.254 e. The normalized spacial score (nSPS) is 10.1. The summed E-state index contributed by atoms with van der Waals surface area (Å²) >= 11 is 1.24. The predicted octanol–water partition coefficient (Wildman–Crippen LogP) is 1.23. The molecule has 0 aliphatic rings. The molecule has 2 heterocycles. The highest BCUT2D eigenvalue weighted by Crippen LogP contribution is 2.26. The number of hydrogen-bond acceptors (Lipinski definition) is 6. The molecule has 2 aromatic heterocycles. The third-order valence-electron chi connectivity index (χ3n) is 2.12. The van der Waals surface area contributed by atoms with Crippen molar-refractivity contribution >= 4 is 11.8 Å². The molecule has 0 aliphatic carbocycles. The summed E-state index contributed by atoms with van der Waals surface area (Å²) in [6.07, 6.45) is 1.41. The molecule has 2 aromatic rings. The van der Waals surface area contributed by atoms with Gasteiger partial charge in [0.1, 0.15) is 17.4 Å². The smallest absolute Gasteiger partial charge is 0.189 e. The van der Waals surface area contributed by atoms with Crippen LogP contribution in [0.1, 0.15) is 16.8 Å². The maximum Gasteiger partial charge on any atom is 0.189 e. The number of nitriles is 1. The van der Waals surface area contributed by atoms with E-state index in [-0.39, 0.29) is 0 Å². The first kappa shape index (κ1) is 10.6. The average Bonchev–Trinajstić information content (AvgIpc) is 2.77. The van der Waals surface area contributed by atoms with Crippen LogP contribution in [0.3, 0.4) is 0 Å². The Morgan fingerprint density at radius 1 is 1.38 bits per heavy atom. The number of H-pyrrole nitrogens is 1. The highest BCUT2D eigenvalue weighted by molar-refractivity contribution is 7.99. The lowest BCUT2D eigenvalue weighted by molar-refractivity contribution is 0.865. The number of aromatic nitrogens is 5. The van der Waals surface area contributed by atoms with Crippen LogP contribution >= 0.6 is 11.8 Å². The van der Waals surface area contributed by atoms with Crippen molar-refractivity contribution < 1.29 is 0 Å². The molecule has 0 atom stereocenters. The number of hydrogen-bond donors (Lipinski definition) is 1. The third kappa shape index (κ3) is 1.87. The van der Waals surface area contributed by atoms with Crippen LogP contribution in [0.15, 0.2) is 16.5 Å². The van der Waals surface area contributed by atoms with Crippen LogP contribution in [-0.2, 0) is 0 Å². The lowest BCUT2D eigenvalue weighted by Crippen LogP contribution is -1.98. The van der Waals surface area contributed by atoms with Crippen LogP contribution in [0.4, 0.5) is 0 Å². The monoisotopic (exact) mass is 232 g/mol. The molecule has 0 aromatic carbocycles. The van der Waals surface area contributed by atoms with E-state index < -0.39 is 0 Å². The highest BCUT2D eigenvalue weighted by atomic mass is 32.2. The number of nitrogens with one attached hydrogen (secondary N) is 1. The average molecular weight is 232 g/mol. The van der Waals surface area contributed by atoms with Gasteiger partial charge in [0.15, 0.2) is 5.16 Å². The van der Waals surface area contributed by atoms with Crippen LogP contribution in [0.2, 0.25) is 0 Å². The Labute approximate surface area is 96.1 Å². The van der Waals surface area contributed by atoms with Crippen LogP contribution in [-0.4, -0.2) is 25.4 Å². The Balaban J connectivity index is 2.42. The van der Waals surface area contributed by atoms with Gasteiger partial charge >= 0.3 is 0 Å². The SMILES string of the molecule is Cc1nnc(Sc2ncn[nH]2)c(C#N)c1C. The number of rotatable bonds is 2. The molecule has 0 spiro atoms. The molecule has 2 rings (SSSR count). The van der Waals surface area contributed by atoms with Crippen molar-refractivity contribution in [2.75, 3.05) is 0 Å². The molecule has 6 nitrogen and oxygen atoms in total. The maximum absolute atomic E-state index is 9.07. The zero-order valence-corrected chi connectivity index (χ0v) is 9.54. The molecule has 16 heavy (non-hydrogen) atoms. The lowest BCUT2D eigenvalue weighted by Gasteiger charge is -2.04. The third-order valence-corrected chi connectivity index (χ3v) is 2.99. The molecule has 7 heteroatoms. The van der Waals surface area contributed by atoms with Gasteiger partial charge in [-0.05, 0) is 31.2 Å². The van der Waals surface area contributed by atoms with E-state index in [1.54, 1.807) is 0 Å². The van der Waals surface area contributed by atoms with Crippen molar-refractivity contribution in [2.45, 2.75) is 24.0 Å². The number of aryl methyl sites for hydroxylation is 1. The van der Waals surface area contributed by atoms with Crippen LogP contribution < -0.4 is 0 Å². The molecule has 0 aliphatic heterocycles. The van der Waals surface area contributed by atoms with Crippen molar-refractivity contribution in [2.24, 2.45) is 0 Å². The zero-order chi connectivity index (χ0) is 11.5. The van der Waals surface area contributed by atoms with E-state index in [9.17, 15) is 0 Å². The van der Waals surface area contributed by atoms with E-state index in [1.165, 1.54) is 18.1 Å². The molecular weight excluding hydrogens is 224 g/mol. The summed E-state index contributed by atoms with van der Waals surface area (Å²) in [5.74, 6) is 0. The standard InChI is InChI=1S/C9H8N6S/c1-5-6(2)13-14-8(7(5)3-10)16-9-11-4-12-15-9/h4H,1-2H3,(H,11,12,15). The Morgan fingerprint density at radius 3 is 2.81 bits per heavy atom. The summed E-state index contributed by atoms with van der Waals surface area (Å²) in [7, 11) is 0. The van der Waals surface area contributed by atoms with Crippen molar-refractivity contribution in [3.8, 4) is 6.07 Å². The van der Waals surface area contributed by atoms with Crippen molar-refractivity contribution in [3.05, 3.63) is 23.1 Å². The fourth-order valence-corrected chi connectivity index (χ4v) is 1.89. The number of aromatic amines is 1. The molecule has 0 fully saturated rings. The van der Waals surface area contributed by atoms with E-state index in [0.717, 1.165) is 11.3 Å². The summed E-state index contributed by atoms with van der Waals surface area (Å²) in [5.41, 5.74) is 2.15. The van der Waals surface area contributed by atoms with Gasteiger partial charge in [-0.25, -0.2) is 4.98 Å². The van der Waals surface area contributed by atoms with E-state index in [1.807, 2.05) is 13.8 Å². The second kappa shape index (κ2) is 4.28. The molecule has 0 bridgehead atoms. The first-order chi connectivity index (χ1) is 7.72. The molecule has 0 amide bonds. The summed E-state index contributed by atoms with van der Waals surface area (Å²) in [5, 5.41) is 24.6. The predicted molar refractivity (Wildman–Crippen MR) is 56.7 cm³/mol. The van der Waals surface area contributed by atoms with Crippen LogP contribution in [0.25, 0.3) is 0 Å². The molecule has 0 radical (unpaired) electrons. The van der Waals surface area contributed by atoms with Gasteiger partial charge in [-0.3, -0.25) is 5.10 Å². The fourth-order valence-electron chi connectivity index (χ4n) is 1.12.